The van der Waals surface area contributed by atoms with Gasteiger partial charge in [-0.25, -0.2) is 4.79 Å². The SMILES string of the molecule is CCn1c(C)c(C(=O)CN(C[C@H]2CCCO2)C(=O)[C@@H](C)Cl)c(C)c1C(=O)OC. The summed E-state index contributed by atoms with van der Waals surface area (Å²) < 4.78 is 12.3. The van der Waals surface area contributed by atoms with E-state index < -0.39 is 11.3 Å². The molecule has 2 rings (SSSR count). The largest absolute Gasteiger partial charge is 0.464 e. The van der Waals surface area contributed by atoms with Crippen LogP contribution in [0.3, 0.4) is 0 Å². The molecule has 1 fully saturated rings. The molecule has 0 unspecified atom stereocenters. The molecule has 1 aromatic rings. The van der Waals surface area contributed by atoms with Crippen LogP contribution in [0, 0.1) is 13.8 Å². The Morgan fingerprint density at radius 1 is 1.36 bits per heavy atom. The molecular formula is C20H29ClN2O5. The maximum absolute atomic E-state index is 13.1. The van der Waals surface area contributed by atoms with Crippen LogP contribution in [-0.4, -0.2) is 65.4 Å². The Morgan fingerprint density at radius 2 is 2.04 bits per heavy atom. The maximum Gasteiger partial charge on any atom is 0.354 e. The van der Waals surface area contributed by atoms with Gasteiger partial charge in [-0.3, -0.25) is 9.59 Å². The summed E-state index contributed by atoms with van der Waals surface area (Å²) in [5.74, 6) is -1.01. The first-order chi connectivity index (χ1) is 13.2. The van der Waals surface area contributed by atoms with E-state index in [1.165, 1.54) is 12.0 Å². The summed E-state index contributed by atoms with van der Waals surface area (Å²) in [5, 5.41) is -0.734. The highest BCUT2D eigenvalue weighted by Crippen LogP contribution is 2.24. The van der Waals surface area contributed by atoms with Gasteiger partial charge in [0.25, 0.3) is 0 Å². The lowest BCUT2D eigenvalue weighted by atomic mass is 10.0. The van der Waals surface area contributed by atoms with Gasteiger partial charge in [-0.2, -0.15) is 0 Å². The summed E-state index contributed by atoms with van der Waals surface area (Å²) in [6, 6.07) is 0. The molecule has 28 heavy (non-hydrogen) atoms. The number of carbonyl (C=O) groups excluding carboxylic acids is 3. The lowest BCUT2D eigenvalue weighted by molar-refractivity contribution is -0.131. The third kappa shape index (κ3) is 4.58. The van der Waals surface area contributed by atoms with E-state index in [1.807, 2.05) is 6.92 Å². The molecule has 0 N–H and O–H groups in total. The van der Waals surface area contributed by atoms with Gasteiger partial charge < -0.3 is 18.9 Å². The van der Waals surface area contributed by atoms with Crippen molar-refractivity contribution in [1.82, 2.24) is 9.47 Å². The Kier molecular flexibility index (Phi) is 7.66. The van der Waals surface area contributed by atoms with Crippen LogP contribution in [0.2, 0.25) is 0 Å². The van der Waals surface area contributed by atoms with Crippen molar-refractivity contribution in [2.45, 2.75) is 58.6 Å². The van der Waals surface area contributed by atoms with Crippen molar-refractivity contribution in [2.75, 3.05) is 26.8 Å². The topological polar surface area (TPSA) is 77.8 Å². The molecule has 156 valence electrons. The van der Waals surface area contributed by atoms with Crippen LogP contribution >= 0.6 is 11.6 Å². The van der Waals surface area contributed by atoms with Crippen LogP contribution in [0.5, 0.6) is 0 Å². The molecule has 1 aliphatic rings. The molecular weight excluding hydrogens is 384 g/mol. The molecule has 0 saturated carbocycles. The molecule has 1 amide bonds. The Hall–Kier alpha value is -1.86. The predicted octanol–water partition coefficient (Wildman–Crippen LogP) is 2.73. The van der Waals surface area contributed by atoms with E-state index in [0.29, 0.717) is 42.2 Å². The lowest BCUT2D eigenvalue weighted by Crippen LogP contribution is -2.43. The lowest BCUT2D eigenvalue weighted by Gasteiger charge is -2.26. The fraction of sp³-hybridized carbons (Fsp3) is 0.650. The number of ketones is 1. The summed E-state index contributed by atoms with van der Waals surface area (Å²) in [6.07, 6.45) is 1.71. The van der Waals surface area contributed by atoms with Gasteiger partial charge in [0, 0.05) is 31.0 Å². The van der Waals surface area contributed by atoms with E-state index in [1.54, 1.807) is 25.3 Å². The second-order valence-corrected chi connectivity index (χ2v) is 7.72. The fourth-order valence-corrected chi connectivity index (χ4v) is 3.97. The third-order valence-electron chi connectivity index (χ3n) is 5.18. The highest BCUT2D eigenvalue weighted by Gasteiger charge is 2.30. The minimum absolute atomic E-state index is 0.0831. The zero-order valence-corrected chi connectivity index (χ0v) is 18.0. The number of ether oxygens (including phenoxy) is 2. The zero-order chi connectivity index (χ0) is 21.0. The molecule has 1 aliphatic heterocycles. The van der Waals surface area contributed by atoms with Crippen LogP contribution in [0.4, 0.5) is 0 Å². The summed E-state index contributed by atoms with van der Waals surface area (Å²) >= 11 is 6.00. The Balaban J connectivity index is 2.33. The van der Waals surface area contributed by atoms with E-state index >= 15 is 0 Å². The number of nitrogens with zero attached hydrogens (tertiary/aromatic N) is 2. The average molecular weight is 413 g/mol. The van der Waals surface area contributed by atoms with Gasteiger partial charge in [-0.15, -0.1) is 11.6 Å². The number of rotatable bonds is 8. The van der Waals surface area contributed by atoms with Gasteiger partial charge in [-0.1, -0.05) is 0 Å². The number of esters is 1. The molecule has 2 heterocycles. The van der Waals surface area contributed by atoms with Crippen molar-refractivity contribution >= 4 is 29.3 Å². The molecule has 1 saturated heterocycles. The summed E-state index contributed by atoms with van der Waals surface area (Å²) in [4.78, 5) is 39.4. The number of amides is 1. The van der Waals surface area contributed by atoms with E-state index in [2.05, 4.69) is 0 Å². The van der Waals surface area contributed by atoms with Crippen LogP contribution < -0.4 is 0 Å². The highest BCUT2D eigenvalue weighted by molar-refractivity contribution is 6.30. The molecule has 8 heteroatoms. The minimum Gasteiger partial charge on any atom is -0.464 e. The number of methoxy groups -OCH3 is 1. The summed E-state index contributed by atoms with van der Waals surface area (Å²) in [7, 11) is 1.31. The summed E-state index contributed by atoms with van der Waals surface area (Å²) in [6.45, 7) is 8.44. The fourth-order valence-electron chi connectivity index (χ4n) is 3.83. The normalized spacial score (nSPS) is 17.4. The standard InChI is InChI=1S/C20H29ClN2O5/c1-6-23-14(4)17(12(2)18(23)20(26)27-5)16(24)11-22(19(25)13(3)21)10-15-8-7-9-28-15/h13,15H,6-11H2,1-5H3/t13-,15-/m1/s1. The molecule has 0 aliphatic carbocycles. The van der Waals surface area contributed by atoms with Crippen molar-refractivity contribution in [3.8, 4) is 0 Å². The summed E-state index contributed by atoms with van der Waals surface area (Å²) in [5.41, 5.74) is 2.08. The number of hydrogen-bond acceptors (Lipinski definition) is 5. The highest BCUT2D eigenvalue weighted by atomic mass is 35.5. The smallest absolute Gasteiger partial charge is 0.354 e. The Bertz CT molecular complexity index is 750. The Morgan fingerprint density at radius 3 is 2.54 bits per heavy atom. The molecule has 1 aromatic heterocycles. The first-order valence-corrected chi connectivity index (χ1v) is 10.0. The van der Waals surface area contributed by atoms with Gasteiger partial charge in [0.15, 0.2) is 5.78 Å². The van der Waals surface area contributed by atoms with Crippen molar-refractivity contribution in [3.63, 3.8) is 0 Å². The average Bonchev–Trinajstić information content (AvgIpc) is 3.25. The molecule has 2 atom stereocenters. The number of alkyl halides is 1. The molecule has 0 aromatic carbocycles. The third-order valence-corrected chi connectivity index (χ3v) is 5.36. The number of carbonyl (C=O) groups is 3. The van der Waals surface area contributed by atoms with E-state index in [-0.39, 0.29) is 24.3 Å². The van der Waals surface area contributed by atoms with Gasteiger partial charge in [-0.05, 0) is 46.1 Å². The van der Waals surface area contributed by atoms with Crippen LogP contribution in [-0.2, 0) is 20.8 Å². The van der Waals surface area contributed by atoms with Crippen LogP contribution in [0.1, 0.15) is 58.8 Å². The van der Waals surface area contributed by atoms with Gasteiger partial charge in [0.1, 0.15) is 11.1 Å². The predicted molar refractivity (Wildman–Crippen MR) is 106 cm³/mol. The van der Waals surface area contributed by atoms with Gasteiger partial charge >= 0.3 is 5.97 Å². The van der Waals surface area contributed by atoms with Gasteiger partial charge in [0.05, 0.1) is 19.8 Å². The number of halogens is 1. The van der Waals surface area contributed by atoms with E-state index in [9.17, 15) is 14.4 Å². The number of hydrogen-bond donors (Lipinski definition) is 0. The van der Waals surface area contributed by atoms with Crippen LogP contribution in [0.15, 0.2) is 0 Å². The quantitative estimate of drug-likeness (QED) is 0.372. The molecule has 0 spiro atoms. The molecule has 0 bridgehead atoms. The second-order valence-electron chi connectivity index (χ2n) is 7.06. The Labute approximate surface area is 170 Å². The van der Waals surface area contributed by atoms with E-state index in [4.69, 9.17) is 21.1 Å². The van der Waals surface area contributed by atoms with Crippen molar-refractivity contribution in [3.05, 3.63) is 22.5 Å². The van der Waals surface area contributed by atoms with Crippen molar-refractivity contribution in [2.24, 2.45) is 0 Å². The first kappa shape index (κ1) is 22.4. The number of aromatic nitrogens is 1. The molecule has 7 nitrogen and oxygen atoms in total. The van der Waals surface area contributed by atoms with Crippen molar-refractivity contribution < 1.29 is 23.9 Å². The molecule has 0 radical (unpaired) electrons. The van der Waals surface area contributed by atoms with Crippen LogP contribution in [0.25, 0.3) is 0 Å². The monoisotopic (exact) mass is 412 g/mol. The van der Waals surface area contributed by atoms with Crippen molar-refractivity contribution in [1.29, 1.82) is 0 Å². The maximum atomic E-state index is 13.1. The zero-order valence-electron chi connectivity index (χ0n) is 17.2. The van der Waals surface area contributed by atoms with Gasteiger partial charge in [0.2, 0.25) is 5.91 Å². The first-order valence-electron chi connectivity index (χ1n) is 9.58. The van der Waals surface area contributed by atoms with E-state index in [0.717, 1.165) is 12.8 Å². The minimum atomic E-state index is -0.734. The second kappa shape index (κ2) is 9.56. The number of Topliss-reactive ketones (excluding diaryl/α,β-unsaturated/α-hetero) is 1.